The van der Waals surface area contributed by atoms with Crippen LogP contribution in [0.3, 0.4) is 0 Å². The number of hydrogen-bond acceptors (Lipinski definition) is 5. The monoisotopic (exact) mass is 309 g/mol. The van der Waals surface area contributed by atoms with Crippen molar-refractivity contribution in [2.75, 3.05) is 5.32 Å². The summed E-state index contributed by atoms with van der Waals surface area (Å²) in [7, 11) is 0. The van der Waals surface area contributed by atoms with Gasteiger partial charge in [0.15, 0.2) is 0 Å². The zero-order valence-electron chi connectivity index (χ0n) is 9.92. The Morgan fingerprint density at radius 1 is 1.30 bits per heavy atom. The number of nitrogens with zero attached hydrogens (tertiary/aromatic N) is 1. The van der Waals surface area contributed by atoms with Gasteiger partial charge >= 0.3 is 5.00 Å². The summed E-state index contributed by atoms with van der Waals surface area (Å²) in [6.45, 7) is 0. The third-order valence-electron chi connectivity index (χ3n) is 2.92. The standard InChI is InChI=1S/C12H8ClN3O3S/c13-7-1-2-8-9(4-7)14-11(15-12(8)17)6-3-10(16(18)19)20-5-6/h1-5,11,14H,(H,15,17)/t11-/m0/s1. The fourth-order valence-corrected chi connectivity index (χ4v) is 2.91. The van der Waals surface area contributed by atoms with E-state index in [1.165, 1.54) is 6.07 Å². The van der Waals surface area contributed by atoms with Crippen molar-refractivity contribution in [2.24, 2.45) is 0 Å². The van der Waals surface area contributed by atoms with Crippen molar-refractivity contribution >= 4 is 39.5 Å². The molecule has 0 bridgehead atoms. The van der Waals surface area contributed by atoms with E-state index in [-0.39, 0.29) is 10.9 Å². The van der Waals surface area contributed by atoms with Crippen LogP contribution in [-0.2, 0) is 0 Å². The van der Waals surface area contributed by atoms with Crippen molar-refractivity contribution in [3.63, 3.8) is 0 Å². The molecule has 1 aromatic carbocycles. The average molecular weight is 310 g/mol. The van der Waals surface area contributed by atoms with Gasteiger partial charge in [-0.05, 0) is 18.2 Å². The lowest BCUT2D eigenvalue weighted by Crippen LogP contribution is -2.38. The largest absolute Gasteiger partial charge is 0.361 e. The molecule has 2 aromatic rings. The number of amides is 1. The van der Waals surface area contributed by atoms with Gasteiger partial charge in [-0.15, -0.1) is 0 Å². The minimum atomic E-state index is -0.501. The number of anilines is 1. The first kappa shape index (κ1) is 12.9. The Hall–Kier alpha value is -2.12. The molecule has 6 nitrogen and oxygen atoms in total. The SMILES string of the molecule is O=C1N[C@@H](c2csc([N+](=O)[O-])c2)Nc2cc(Cl)ccc21. The molecular weight excluding hydrogens is 302 g/mol. The maximum atomic E-state index is 12.0. The highest BCUT2D eigenvalue weighted by atomic mass is 35.5. The highest BCUT2D eigenvalue weighted by Gasteiger charge is 2.26. The zero-order chi connectivity index (χ0) is 14.3. The molecule has 0 unspecified atom stereocenters. The van der Waals surface area contributed by atoms with Crippen LogP contribution in [0.4, 0.5) is 10.7 Å². The number of fused-ring (bicyclic) bond motifs is 1. The van der Waals surface area contributed by atoms with Crippen molar-refractivity contribution < 1.29 is 9.72 Å². The Kier molecular flexibility index (Phi) is 3.07. The Morgan fingerprint density at radius 2 is 2.10 bits per heavy atom. The number of rotatable bonds is 2. The average Bonchev–Trinajstić information content (AvgIpc) is 2.87. The number of nitrogens with one attached hydrogen (secondary N) is 2. The van der Waals surface area contributed by atoms with Gasteiger partial charge < -0.3 is 10.6 Å². The van der Waals surface area contributed by atoms with E-state index < -0.39 is 11.1 Å². The van der Waals surface area contributed by atoms with Crippen molar-refractivity contribution in [1.29, 1.82) is 0 Å². The van der Waals surface area contributed by atoms with E-state index in [4.69, 9.17) is 11.6 Å². The molecule has 1 atom stereocenters. The minimum Gasteiger partial charge on any atom is -0.361 e. The Labute approximate surface area is 122 Å². The van der Waals surface area contributed by atoms with E-state index in [1.807, 2.05) is 0 Å². The molecule has 0 saturated carbocycles. The van der Waals surface area contributed by atoms with Gasteiger partial charge in [-0.2, -0.15) is 0 Å². The molecule has 2 heterocycles. The summed E-state index contributed by atoms with van der Waals surface area (Å²) < 4.78 is 0. The fraction of sp³-hybridized carbons (Fsp3) is 0.0833. The van der Waals surface area contributed by atoms with E-state index >= 15 is 0 Å². The number of nitro groups is 1. The number of carbonyl (C=O) groups excluding carboxylic acids is 1. The first-order chi connectivity index (χ1) is 9.54. The molecule has 8 heteroatoms. The van der Waals surface area contributed by atoms with Crippen LogP contribution < -0.4 is 10.6 Å². The second-order valence-corrected chi connectivity index (χ2v) is 5.54. The first-order valence-corrected chi connectivity index (χ1v) is 6.90. The Balaban J connectivity index is 1.94. The van der Waals surface area contributed by atoms with Crippen molar-refractivity contribution in [3.8, 4) is 0 Å². The molecule has 20 heavy (non-hydrogen) atoms. The Bertz CT molecular complexity index is 716. The van der Waals surface area contributed by atoms with Crippen LogP contribution in [0.15, 0.2) is 29.6 Å². The maximum absolute atomic E-state index is 12.0. The van der Waals surface area contributed by atoms with Gasteiger partial charge in [0.05, 0.1) is 16.2 Å². The molecule has 3 rings (SSSR count). The Morgan fingerprint density at radius 3 is 2.80 bits per heavy atom. The summed E-state index contributed by atoms with van der Waals surface area (Å²) in [5.41, 5.74) is 1.75. The van der Waals surface area contributed by atoms with Crippen LogP contribution >= 0.6 is 22.9 Å². The van der Waals surface area contributed by atoms with E-state index in [1.54, 1.807) is 23.6 Å². The maximum Gasteiger partial charge on any atom is 0.324 e. The van der Waals surface area contributed by atoms with Gasteiger partial charge in [-0.25, -0.2) is 0 Å². The predicted octanol–water partition coefficient (Wildman–Crippen LogP) is 3.16. The molecule has 0 fully saturated rings. The number of hydrogen-bond donors (Lipinski definition) is 2. The fourth-order valence-electron chi connectivity index (χ4n) is 1.99. The van der Waals surface area contributed by atoms with Gasteiger partial charge in [0, 0.05) is 22.0 Å². The number of halogens is 1. The van der Waals surface area contributed by atoms with E-state index in [9.17, 15) is 14.9 Å². The minimum absolute atomic E-state index is 0.0351. The van der Waals surface area contributed by atoms with Crippen LogP contribution in [0.1, 0.15) is 22.1 Å². The molecule has 102 valence electrons. The van der Waals surface area contributed by atoms with Crippen LogP contribution in [-0.4, -0.2) is 10.8 Å². The smallest absolute Gasteiger partial charge is 0.324 e. The van der Waals surface area contributed by atoms with Crippen molar-refractivity contribution in [2.45, 2.75) is 6.17 Å². The molecule has 0 spiro atoms. The summed E-state index contributed by atoms with van der Waals surface area (Å²) >= 11 is 6.93. The molecule has 1 aromatic heterocycles. The zero-order valence-corrected chi connectivity index (χ0v) is 11.5. The normalized spacial score (nSPS) is 17.1. The quantitative estimate of drug-likeness (QED) is 0.659. The highest BCUT2D eigenvalue weighted by molar-refractivity contribution is 7.13. The van der Waals surface area contributed by atoms with Crippen molar-refractivity contribution in [3.05, 3.63) is 55.9 Å². The lowest BCUT2D eigenvalue weighted by atomic mass is 10.1. The summed E-state index contributed by atoms with van der Waals surface area (Å²) in [6.07, 6.45) is -0.501. The first-order valence-electron chi connectivity index (χ1n) is 5.64. The van der Waals surface area contributed by atoms with Gasteiger partial charge in [0.1, 0.15) is 6.17 Å². The van der Waals surface area contributed by atoms with Crippen LogP contribution in [0.5, 0.6) is 0 Å². The van der Waals surface area contributed by atoms with Gasteiger partial charge in [-0.3, -0.25) is 14.9 Å². The third kappa shape index (κ3) is 2.21. The van der Waals surface area contributed by atoms with Crippen LogP contribution in [0, 0.1) is 10.1 Å². The second-order valence-electron chi connectivity index (χ2n) is 4.22. The highest BCUT2D eigenvalue weighted by Crippen LogP contribution is 2.32. The number of thiophene rings is 1. The summed E-state index contributed by atoms with van der Waals surface area (Å²) in [5, 5.41) is 18.7. The molecule has 1 aliphatic heterocycles. The van der Waals surface area contributed by atoms with Gasteiger partial charge in [0.2, 0.25) is 0 Å². The van der Waals surface area contributed by atoms with Crippen LogP contribution in [0.25, 0.3) is 0 Å². The number of benzene rings is 1. The predicted molar refractivity (Wildman–Crippen MR) is 76.3 cm³/mol. The summed E-state index contributed by atoms with van der Waals surface area (Å²) in [6, 6.07) is 6.37. The van der Waals surface area contributed by atoms with Gasteiger partial charge in [0.25, 0.3) is 5.91 Å². The molecule has 1 aliphatic rings. The van der Waals surface area contributed by atoms with Gasteiger partial charge in [-0.1, -0.05) is 22.9 Å². The summed E-state index contributed by atoms with van der Waals surface area (Å²) in [5.74, 6) is -0.241. The van der Waals surface area contributed by atoms with Crippen molar-refractivity contribution in [1.82, 2.24) is 5.32 Å². The van der Waals surface area contributed by atoms with E-state index in [0.717, 1.165) is 11.3 Å². The lowest BCUT2D eigenvalue weighted by molar-refractivity contribution is -0.380. The molecule has 0 aliphatic carbocycles. The topological polar surface area (TPSA) is 84.3 Å². The molecule has 0 saturated heterocycles. The molecule has 1 amide bonds. The van der Waals surface area contributed by atoms with E-state index in [0.29, 0.717) is 21.8 Å². The molecule has 0 radical (unpaired) electrons. The van der Waals surface area contributed by atoms with E-state index in [2.05, 4.69) is 10.6 Å². The third-order valence-corrected chi connectivity index (χ3v) is 4.05. The number of carbonyl (C=O) groups is 1. The molecule has 2 N–H and O–H groups in total. The lowest BCUT2D eigenvalue weighted by Gasteiger charge is -2.27. The molecular formula is C12H8ClN3O3S. The van der Waals surface area contributed by atoms with Crippen LogP contribution in [0.2, 0.25) is 5.02 Å². The summed E-state index contributed by atoms with van der Waals surface area (Å²) in [4.78, 5) is 22.2. The second kappa shape index (κ2) is 4.77.